The van der Waals surface area contributed by atoms with Crippen LogP contribution in [-0.2, 0) is 0 Å². The zero-order valence-electron chi connectivity index (χ0n) is 20.5. The molecule has 1 heterocycles. The van der Waals surface area contributed by atoms with Gasteiger partial charge in [-0.2, -0.15) is 9.78 Å². The minimum absolute atomic E-state index is 0.205. The fourth-order valence-electron chi connectivity index (χ4n) is 3.96. The summed E-state index contributed by atoms with van der Waals surface area (Å²) >= 11 is 0. The Hall–Kier alpha value is -3.93. The van der Waals surface area contributed by atoms with Crippen molar-refractivity contribution in [1.29, 1.82) is 0 Å². The summed E-state index contributed by atoms with van der Waals surface area (Å²) in [7, 11) is 5.67. The molecule has 0 saturated heterocycles. The summed E-state index contributed by atoms with van der Waals surface area (Å²) in [6.45, 7) is 6.23. The van der Waals surface area contributed by atoms with Crippen LogP contribution in [0.4, 0.5) is 5.69 Å². The van der Waals surface area contributed by atoms with Crippen molar-refractivity contribution in [2.45, 2.75) is 26.7 Å². The number of anilines is 1. The summed E-state index contributed by atoms with van der Waals surface area (Å²) < 4.78 is 7.02. The van der Waals surface area contributed by atoms with Gasteiger partial charge in [0.2, 0.25) is 0 Å². The van der Waals surface area contributed by atoms with Gasteiger partial charge in [-0.05, 0) is 65.9 Å². The number of aromatic nitrogens is 2. The van der Waals surface area contributed by atoms with E-state index in [0.29, 0.717) is 16.7 Å². The SMILES string of the molecule is COc1cc(C)c(-c2nc3ccccc3c(=O)n2N=Cc2ccc(N(C)C)cc2)cc1C(C)C. The molecule has 0 saturated carbocycles. The van der Waals surface area contributed by atoms with Crippen LogP contribution in [0.1, 0.15) is 36.5 Å². The third kappa shape index (κ3) is 4.44. The molecule has 0 radical (unpaired) electrons. The van der Waals surface area contributed by atoms with Gasteiger partial charge in [-0.15, -0.1) is 0 Å². The van der Waals surface area contributed by atoms with Crippen LogP contribution < -0.4 is 15.2 Å². The molecule has 6 nitrogen and oxygen atoms in total. The highest BCUT2D eigenvalue weighted by atomic mass is 16.5. The number of nitrogens with zero attached hydrogens (tertiary/aromatic N) is 4. The van der Waals surface area contributed by atoms with Crippen molar-refractivity contribution >= 4 is 22.8 Å². The van der Waals surface area contributed by atoms with Crippen molar-refractivity contribution in [3.8, 4) is 17.1 Å². The van der Waals surface area contributed by atoms with Gasteiger partial charge in [-0.1, -0.05) is 38.1 Å². The van der Waals surface area contributed by atoms with E-state index in [-0.39, 0.29) is 11.5 Å². The lowest BCUT2D eigenvalue weighted by Gasteiger charge is -2.17. The van der Waals surface area contributed by atoms with Crippen molar-refractivity contribution in [2.24, 2.45) is 5.10 Å². The molecule has 0 amide bonds. The number of fused-ring (bicyclic) bond motifs is 1. The highest BCUT2D eigenvalue weighted by molar-refractivity contribution is 5.83. The van der Waals surface area contributed by atoms with E-state index in [2.05, 4.69) is 25.0 Å². The number of rotatable bonds is 6. The predicted molar refractivity (Wildman–Crippen MR) is 141 cm³/mol. The first kappa shape index (κ1) is 23.2. The number of aryl methyl sites for hydroxylation is 1. The summed E-state index contributed by atoms with van der Waals surface area (Å²) in [5.74, 6) is 1.58. The van der Waals surface area contributed by atoms with E-state index in [4.69, 9.17) is 9.72 Å². The molecule has 4 aromatic rings. The molecule has 0 bridgehead atoms. The summed E-state index contributed by atoms with van der Waals surface area (Å²) in [6, 6.07) is 19.4. The normalized spacial score (nSPS) is 11.5. The van der Waals surface area contributed by atoms with Crippen molar-refractivity contribution < 1.29 is 4.74 Å². The highest BCUT2D eigenvalue weighted by Gasteiger charge is 2.18. The molecular weight excluding hydrogens is 424 g/mol. The zero-order valence-corrected chi connectivity index (χ0v) is 20.5. The highest BCUT2D eigenvalue weighted by Crippen LogP contribution is 2.34. The lowest BCUT2D eigenvalue weighted by Crippen LogP contribution is -2.20. The first-order valence-corrected chi connectivity index (χ1v) is 11.3. The molecule has 1 aromatic heterocycles. The molecule has 0 aliphatic heterocycles. The monoisotopic (exact) mass is 454 g/mol. The minimum Gasteiger partial charge on any atom is -0.496 e. The molecule has 0 spiro atoms. The first-order chi connectivity index (χ1) is 16.3. The molecule has 0 N–H and O–H groups in total. The summed E-state index contributed by atoms with van der Waals surface area (Å²) in [5, 5.41) is 5.14. The molecule has 4 rings (SSSR count). The van der Waals surface area contributed by atoms with Gasteiger partial charge < -0.3 is 9.64 Å². The lowest BCUT2D eigenvalue weighted by atomic mass is 9.96. The van der Waals surface area contributed by atoms with Gasteiger partial charge in [-0.3, -0.25) is 4.79 Å². The van der Waals surface area contributed by atoms with Crippen LogP contribution in [0.5, 0.6) is 5.75 Å². The Kier molecular flexibility index (Phi) is 6.50. The van der Waals surface area contributed by atoms with Gasteiger partial charge in [0.15, 0.2) is 5.82 Å². The maximum Gasteiger partial charge on any atom is 0.282 e. The van der Waals surface area contributed by atoms with Crippen molar-refractivity contribution in [1.82, 2.24) is 9.66 Å². The Morgan fingerprint density at radius 2 is 1.76 bits per heavy atom. The van der Waals surface area contributed by atoms with Gasteiger partial charge in [0.1, 0.15) is 5.75 Å². The Morgan fingerprint density at radius 1 is 1.06 bits per heavy atom. The molecule has 3 aromatic carbocycles. The fraction of sp³-hybridized carbons (Fsp3) is 0.250. The van der Waals surface area contributed by atoms with Crippen molar-refractivity contribution in [3.63, 3.8) is 0 Å². The molecule has 0 atom stereocenters. The second-order valence-electron chi connectivity index (χ2n) is 8.86. The Bertz CT molecular complexity index is 1420. The molecule has 6 heteroatoms. The average molecular weight is 455 g/mol. The lowest BCUT2D eigenvalue weighted by molar-refractivity contribution is 0.407. The minimum atomic E-state index is -0.205. The van der Waals surface area contributed by atoms with E-state index < -0.39 is 0 Å². The maximum absolute atomic E-state index is 13.5. The second kappa shape index (κ2) is 9.51. The predicted octanol–water partition coefficient (Wildman–Crippen LogP) is 5.45. The van der Waals surface area contributed by atoms with Gasteiger partial charge in [0, 0.05) is 25.3 Å². The first-order valence-electron chi connectivity index (χ1n) is 11.3. The van der Waals surface area contributed by atoms with Crippen molar-refractivity contribution in [2.75, 3.05) is 26.1 Å². The van der Waals surface area contributed by atoms with Gasteiger partial charge in [0.25, 0.3) is 5.56 Å². The van der Waals surface area contributed by atoms with E-state index in [1.807, 2.05) is 74.4 Å². The second-order valence-corrected chi connectivity index (χ2v) is 8.86. The molecule has 174 valence electrons. The number of benzene rings is 3. The quantitative estimate of drug-likeness (QED) is 0.364. The van der Waals surface area contributed by atoms with E-state index >= 15 is 0 Å². The van der Waals surface area contributed by atoms with Crippen LogP contribution in [0.3, 0.4) is 0 Å². The average Bonchev–Trinajstić information content (AvgIpc) is 2.83. The van der Waals surface area contributed by atoms with E-state index in [9.17, 15) is 4.79 Å². The molecular formula is C28H30N4O2. The summed E-state index contributed by atoms with van der Waals surface area (Å²) in [4.78, 5) is 20.4. The standard InChI is InChI=1S/C28H30N4O2/c1-18(2)23-16-24(19(3)15-26(23)34-6)27-30-25-10-8-7-9-22(25)28(33)32(27)29-17-20-11-13-21(14-12-20)31(4)5/h7-18H,1-6H3. The largest absolute Gasteiger partial charge is 0.496 e. The number of methoxy groups -OCH3 is 1. The zero-order chi connectivity index (χ0) is 24.4. The smallest absolute Gasteiger partial charge is 0.282 e. The van der Waals surface area contributed by atoms with Gasteiger partial charge in [-0.25, -0.2) is 4.98 Å². The van der Waals surface area contributed by atoms with E-state index in [1.165, 1.54) is 4.68 Å². The molecule has 0 fully saturated rings. The Labute approximate surface area is 200 Å². The van der Waals surface area contributed by atoms with Crippen molar-refractivity contribution in [3.05, 3.63) is 87.7 Å². The molecule has 0 aliphatic carbocycles. The van der Waals surface area contributed by atoms with Crippen LogP contribution in [0, 0.1) is 6.92 Å². The maximum atomic E-state index is 13.5. The number of hydrogen-bond acceptors (Lipinski definition) is 5. The Balaban J connectivity index is 1.93. The third-order valence-corrected chi connectivity index (χ3v) is 5.93. The molecule has 0 unspecified atom stereocenters. The van der Waals surface area contributed by atoms with E-state index in [0.717, 1.165) is 33.7 Å². The number of hydrogen-bond donors (Lipinski definition) is 0. The van der Waals surface area contributed by atoms with Crippen LogP contribution in [0.15, 0.2) is 70.6 Å². The molecule has 34 heavy (non-hydrogen) atoms. The van der Waals surface area contributed by atoms with Crippen LogP contribution >= 0.6 is 0 Å². The number of para-hydroxylation sites is 1. The third-order valence-electron chi connectivity index (χ3n) is 5.93. The van der Waals surface area contributed by atoms with Crippen LogP contribution in [-0.4, -0.2) is 37.1 Å². The van der Waals surface area contributed by atoms with Gasteiger partial charge >= 0.3 is 0 Å². The fourth-order valence-corrected chi connectivity index (χ4v) is 3.96. The topological polar surface area (TPSA) is 59.7 Å². The number of ether oxygens (including phenoxy) is 1. The Morgan fingerprint density at radius 3 is 2.41 bits per heavy atom. The molecule has 0 aliphatic rings. The van der Waals surface area contributed by atoms with E-state index in [1.54, 1.807) is 19.4 Å². The summed E-state index contributed by atoms with van der Waals surface area (Å²) in [6.07, 6.45) is 1.70. The summed E-state index contributed by atoms with van der Waals surface area (Å²) in [5.41, 5.74) is 5.30. The van der Waals surface area contributed by atoms with Crippen LogP contribution in [0.2, 0.25) is 0 Å². The van der Waals surface area contributed by atoms with Crippen LogP contribution in [0.25, 0.3) is 22.3 Å². The van der Waals surface area contributed by atoms with Gasteiger partial charge in [0.05, 0.1) is 24.2 Å².